The van der Waals surface area contributed by atoms with Gasteiger partial charge < -0.3 is 4.90 Å². The van der Waals surface area contributed by atoms with Crippen molar-refractivity contribution in [3.63, 3.8) is 0 Å². The highest BCUT2D eigenvalue weighted by molar-refractivity contribution is 6.27. The van der Waals surface area contributed by atoms with Crippen LogP contribution in [0, 0.1) is 0 Å². The van der Waals surface area contributed by atoms with E-state index in [1.54, 1.807) is 0 Å². The van der Waals surface area contributed by atoms with Gasteiger partial charge in [0.25, 0.3) is 0 Å². The van der Waals surface area contributed by atoms with Crippen molar-refractivity contribution in [1.29, 1.82) is 0 Å². The third kappa shape index (κ3) is 5.51. The fourth-order valence-corrected chi connectivity index (χ4v) is 8.07. The van der Waals surface area contributed by atoms with E-state index in [9.17, 15) is 0 Å². The third-order valence-corrected chi connectivity index (χ3v) is 10.6. The second-order valence-electron chi connectivity index (χ2n) is 13.7. The summed E-state index contributed by atoms with van der Waals surface area (Å²) in [5.41, 5.74) is 10.5. The van der Waals surface area contributed by atoms with Gasteiger partial charge >= 0.3 is 0 Å². The minimum Gasteiger partial charge on any atom is -0.310 e. The Kier molecular flexibility index (Phi) is 7.55. The summed E-state index contributed by atoms with van der Waals surface area (Å²) in [4.78, 5) is 2.42. The molecule has 0 saturated carbocycles. The van der Waals surface area contributed by atoms with Crippen molar-refractivity contribution < 1.29 is 0 Å². The molecule has 10 rings (SSSR count). The van der Waals surface area contributed by atoms with Gasteiger partial charge in [-0.2, -0.15) is 0 Å². The summed E-state index contributed by atoms with van der Waals surface area (Å²) in [5, 5.41) is 10.2. The van der Waals surface area contributed by atoms with Crippen LogP contribution in [-0.4, -0.2) is 0 Å². The quantitative estimate of drug-likeness (QED) is 0.159. The van der Waals surface area contributed by atoms with Crippen molar-refractivity contribution in [2.45, 2.75) is 0 Å². The standard InChI is InChI=1S/C52H35N/c1-3-13-36(14-4-1)41-18-11-20-45(34-41)53(46-21-12-19-42(35-46)37-15-5-2-6-16-37)50-24-10-9-22-47(50)43-31-32-49-44(33-43)30-29-40-28-27-39-26-25-38-17-7-8-23-48(38)51(39)52(40)49/h1-35H. The maximum atomic E-state index is 2.42. The molecule has 0 unspecified atom stereocenters. The third-order valence-electron chi connectivity index (χ3n) is 10.6. The second kappa shape index (κ2) is 13.0. The molecule has 1 heteroatoms. The molecule has 248 valence electrons. The van der Waals surface area contributed by atoms with Gasteiger partial charge in [-0.1, -0.05) is 176 Å². The maximum Gasteiger partial charge on any atom is 0.0540 e. The van der Waals surface area contributed by atoms with Gasteiger partial charge in [-0.05, 0) is 107 Å². The summed E-state index contributed by atoms with van der Waals surface area (Å²) in [5.74, 6) is 0. The average Bonchev–Trinajstić information content (AvgIpc) is 3.24. The molecule has 0 fully saturated rings. The molecule has 1 nitrogen and oxygen atoms in total. The van der Waals surface area contributed by atoms with Gasteiger partial charge in [0, 0.05) is 16.9 Å². The predicted molar refractivity (Wildman–Crippen MR) is 227 cm³/mol. The smallest absolute Gasteiger partial charge is 0.0540 e. The zero-order chi connectivity index (χ0) is 35.1. The first kappa shape index (κ1) is 30.8. The van der Waals surface area contributed by atoms with Gasteiger partial charge in [-0.25, -0.2) is 0 Å². The molecule has 0 aromatic heterocycles. The first-order chi connectivity index (χ1) is 26.3. The summed E-state index contributed by atoms with van der Waals surface area (Å²) in [6.45, 7) is 0. The Bertz CT molecular complexity index is 2860. The van der Waals surface area contributed by atoms with Gasteiger partial charge in [0.15, 0.2) is 0 Å². The lowest BCUT2D eigenvalue weighted by Crippen LogP contribution is -2.11. The summed E-state index contributed by atoms with van der Waals surface area (Å²) in [6, 6.07) is 77.2. The molecule has 0 aliphatic carbocycles. The molecule has 53 heavy (non-hydrogen) atoms. The van der Waals surface area contributed by atoms with Crippen LogP contribution in [0.25, 0.3) is 76.5 Å². The minimum atomic E-state index is 1.11. The van der Waals surface area contributed by atoms with E-state index in [1.807, 2.05) is 0 Å². The van der Waals surface area contributed by atoms with Crippen LogP contribution in [0.5, 0.6) is 0 Å². The van der Waals surface area contributed by atoms with Crippen molar-refractivity contribution in [2.75, 3.05) is 4.90 Å². The van der Waals surface area contributed by atoms with E-state index in [2.05, 4.69) is 217 Å². The summed E-state index contributed by atoms with van der Waals surface area (Å²) < 4.78 is 0. The number of para-hydroxylation sites is 1. The molecule has 0 spiro atoms. The van der Waals surface area contributed by atoms with E-state index in [1.165, 1.54) is 76.5 Å². The maximum absolute atomic E-state index is 2.42. The van der Waals surface area contributed by atoms with Gasteiger partial charge in [0.05, 0.1) is 5.69 Å². The summed E-state index contributed by atoms with van der Waals surface area (Å²) >= 11 is 0. The first-order valence-corrected chi connectivity index (χ1v) is 18.3. The van der Waals surface area contributed by atoms with Crippen LogP contribution < -0.4 is 4.90 Å². The Hall–Kier alpha value is -6.96. The van der Waals surface area contributed by atoms with Crippen LogP contribution >= 0.6 is 0 Å². The largest absolute Gasteiger partial charge is 0.310 e. The van der Waals surface area contributed by atoms with Crippen molar-refractivity contribution in [3.8, 4) is 33.4 Å². The van der Waals surface area contributed by atoms with E-state index in [0.717, 1.165) is 17.1 Å². The van der Waals surface area contributed by atoms with Crippen LogP contribution in [-0.2, 0) is 0 Å². The number of hydrogen-bond donors (Lipinski definition) is 0. The Morgan fingerprint density at radius 1 is 0.264 bits per heavy atom. The molecule has 0 N–H and O–H groups in total. The molecule has 0 heterocycles. The number of fused-ring (bicyclic) bond motifs is 7. The normalized spacial score (nSPS) is 11.4. The summed E-state index contributed by atoms with van der Waals surface area (Å²) in [7, 11) is 0. The van der Waals surface area contributed by atoms with E-state index in [-0.39, 0.29) is 0 Å². The van der Waals surface area contributed by atoms with Crippen LogP contribution in [0.15, 0.2) is 212 Å². The SMILES string of the molecule is c1ccc(-c2cccc(N(c3cccc(-c4ccccc4)c3)c3ccccc3-c3ccc4c(ccc5ccc6ccc7ccccc7c6c54)c3)c2)cc1. The molecular formula is C52H35N. The molecule has 0 aliphatic heterocycles. The molecule has 0 saturated heterocycles. The van der Waals surface area contributed by atoms with Gasteiger partial charge in [0.2, 0.25) is 0 Å². The van der Waals surface area contributed by atoms with Crippen LogP contribution in [0.4, 0.5) is 17.1 Å². The van der Waals surface area contributed by atoms with Gasteiger partial charge in [-0.15, -0.1) is 0 Å². The molecule has 10 aromatic rings. The molecule has 0 atom stereocenters. The molecule has 0 amide bonds. The lowest BCUT2D eigenvalue weighted by molar-refractivity contribution is 1.28. The number of hydrogen-bond acceptors (Lipinski definition) is 1. The van der Waals surface area contributed by atoms with Crippen LogP contribution in [0.3, 0.4) is 0 Å². The fraction of sp³-hybridized carbons (Fsp3) is 0. The van der Waals surface area contributed by atoms with E-state index in [0.29, 0.717) is 0 Å². The monoisotopic (exact) mass is 673 g/mol. The fourth-order valence-electron chi connectivity index (χ4n) is 8.07. The molecule has 0 radical (unpaired) electrons. The molecule has 10 aromatic carbocycles. The van der Waals surface area contributed by atoms with Crippen molar-refractivity contribution in [3.05, 3.63) is 212 Å². The predicted octanol–water partition coefficient (Wildman–Crippen LogP) is 14.8. The van der Waals surface area contributed by atoms with E-state index >= 15 is 0 Å². The van der Waals surface area contributed by atoms with Crippen LogP contribution in [0.2, 0.25) is 0 Å². The zero-order valence-corrected chi connectivity index (χ0v) is 29.2. The molecule has 0 aliphatic rings. The summed E-state index contributed by atoms with van der Waals surface area (Å²) in [6.07, 6.45) is 0. The zero-order valence-electron chi connectivity index (χ0n) is 29.2. The van der Waals surface area contributed by atoms with Crippen molar-refractivity contribution >= 4 is 60.2 Å². The average molecular weight is 674 g/mol. The highest BCUT2D eigenvalue weighted by atomic mass is 15.1. The highest BCUT2D eigenvalue weighted by Crippen LogP contribution is 2.44. The van der Waals surface area contributed by atoms with Gasteiger partial charge in [0.1, 0.15) is 0 Å². The number of benzene rings is 10. The number of rotatable bonds is 6. The second-order valence-corrected chi connectivity index (χ2v) is 13.7. The topological polar surface area (TPSA) is 3.24 Å². The number of nitrogens with zero attached hydrogens (tertiary/aromatic N) is 1. The van der Waals surface area contributed by atoms with Crippen molar-refractivity contribution in [2.24, 2.45) is 0 Å². The van der Waals surface area contributed by atoms with E-state index < -0.39 is 0 Å². The highest BCUT2D eigenvalue weighted by Gasteiger charge is 2.19. The Labute approximate surface area is 309 Å². The Balaban J connectivity index is 1.17. The minimum absolute atomic E-state index is 1.11. The molecule has 0 bridgehead atoms. The van der Waals surface area contributed by atoms with Gasteiger partial charge in [-0.3, -0.25) is 0 Å². The van der Waals surface area contributed by atoms with Crippen molar-refractivity contribution in [1.82, 2.24) is 0 Å². The number of anilines is 3. The lowest BCUT2D eigenvalue weighted by atomic mass is 9.91. The van der Waals surface area contributed by atoms with Crippen LogP contribution in [0.1, 0.15) is 0 Å². The first-order valence-electron chi connectivity index (χ1n) is 18.3. The molecular weight excluding hydrogens is 639 g/mol. The Morgan fingerprint density at radius 2 is 0.755 bits per heavy atom. The lowest BCUT2D eigenvalue weighted by Gasteiger charge is -2.29. The Morgan fingerprint density at radius 3 is 1.40 bits per heavy atom. The van der Waals surface area contributed by atoms with E-state index in [4.69, 9.17) is 0 Å².